The summed E-state index contributed by atoms with van der Waals surface area (Å²) in [7, 11) is 1.62. The number of carbonyl (C=O) groups excluding carboxylic acids is 1. The van der Waals surface area contributed by atoms with E-state index in [-0.39, 0.29) is 11.8 Å². The molecule has 2 heterocycles. The van der Waals surface area contributed by atoms with E-state index in [9.17, 15) is 4.79 Å². The van der Waals surface area contributed by atoms with Gasteiger partial charge in [0.25, 0.3) is 0 Å². The molecule has 1 amide bonds. The van der Waals surface area contributed by atoms with Gasteiger partial charge in [0.15, 0.2) is 5.13 Å². The van der Waals surface area contributed by atoms with Crippen LogP contribution in [0.5, 0.6) is 5.75 Å². The average Bonchev–Trinajstić information content (AvgIpc) is 2.77. The van der Waals surface area contributed by atoms with E-state index in [0.29, 0.717) is 17.4 Å². The molecule has 1 atom stereocenters. The van der Waals surface area contributed by atoms with Crippen molar-refractivity contribution >= 4 is 44.1 Å². The highest BCUT2D eigenvalue weighted by Gasteiger charge is 2.30. The lowest BCUT2D eigenvalue weighted by atomic mass is 9.91. The first-order valence-corrected chi connectivity index (χ1v) is 7.59. The molecule has 0 fully saturated rings. The minimum atomic E-state index is -0.0419. The summed E-state index contributed by atoms with van der Waals surface area (Å²) in [6.45, 7) is 0. The van der Waals surface area contributed by atoms with Gasteiger partial charge in [-0.3, -0.25) is 4.79 Å². The van der Waals surface area contributed by atoms with Crippen LogP contribution < -0.4 is 15.8 Å². The fourth-order valence-electron chi connectivity index (χ4n) is 2.30. The summed E-state index contributed by atoms with van der Waals surface area (Å²) in [5.74, 6) is 1.29. The molecule has 0 saturated heterocycles. The summed E-state index contributed by atoms with van der Waals surface area (Å²) in [4.78, 5) is 17.0. The number of rotatable bonds is 2. The lowest BCUT2D eigenvalue weighted by molar-refractivity contribution is -0.116. The number of aromatic nitrogens is 1. The Labute approximate surface area is 128 Å². The van der Waals surface area contributed by atoms with Crippen LogP contribution in [0, 0.1) is 0 Å². The van der Waals surface area contributed by atoms with Crippen molar-refractivity contribution in [2.24, 2.45) is 0 Å². The molecule has 5 nitrogen and oxygen atoms in total. The van der Waals surface area contributed by atoms with Crippen LogP contribution in [0.1, 0.15) is 22.8 Å². The zero-order valence-electron chi connectivity index (χ0n) is 10.6. The van der Waals surface area contributed by atoms with Gasteiger partial charge in [-0.25, -0.2) is 4.98 Å². The molecule has 2 aromatic rings. The predicted molar refractivity (Wildman–Crippen MR) is 82.3 cm³/mol. The van der Waals surface area contributed by atoms with Gasteiger partial charge in [-0.1, -0.05) is 17.4 Å². The van der Waals surface area contributed by atoms with E-state index < -0.39 is 0 Å². The van der Waals surface area contributed by atoms with Crippen molar-refractivity contribution in [2.75, 3.05) is 18.2 Å². The van der Waals surface area contributed by atoms with Crippen LogP contribution in [0.15, 0.2) is 22.7 Å². The highest BCUT2D eigenvalue weighted by molar-refractivity contribution is 9.10. The van der Waals surface area contributed by atoms with Gasteiger partial charge in [-0.15, -0.1) is 0 Å². The number of nitrogens with one attached hydrogen (secondary N) is 1. The van der Waals surface area contributed by atoms with Gasteiger partial charge in [0.2, 0.25) is 5.91 Å². The first kappa shape index (κ1) is 13.4. The van der Waals surface area contributed by atoms with Crippen molar-refractivity contribution in [1.29, 1.82) is 0 Å². The number of halogens is 1. The fraction of sp³-hybridized carbons (Fsp3) is 0.231. The second-order valence-electron chi connectivity index (χ2n) is 4.46. The van der Waals surface area contributed by atoms with Crippen LogP contribution in [-0.2, 0) is 4.79 Å². The number of benzene rings is 1. The van der Waals surface area contributed by atoms with Gasteiger partial charge in [-0.2, -0.15) is 0 Å². The van der Waals surface area contributed by atoms with Gasteiger partial charge in [0.05, 0.1) is 16.5 Å². The number of nitrogens with two attached hydrogens (primary N) is 1. The molecular weight excluding hydrogens is 342 g/mol. The summed E-state index contributed by atoms with van der Waals surface area (Å²) in [6, 6.07) is 5.82. The smallest absolute Gasteiger partial charge is 0.226 e. The first-order chi connectivity index (χ1) is 9.58. The number of amides is 1. The maximum atomic E-state index is 11.8. The van der Waals surface area contributed by atoms with Crippen LogP contribution in [-0.4, -0.2) is 18.0 Å². The largest absolute Gasteiger partial charge is 0.496 e. The Hall–Kier alpha value is -1.60. The SMILES string of the molecule is COc1ccc(C2CC(=O)Nc3nc(N)sc32)cc1Br. The Balaban J connectivity index is 2.05. The molecule has 0 aliphatic carbocycles. The standard InChI is InChI=1S/C13H12BrN3O2S/c1-19-9-3-2-6(4-8(9)14)7-5-10(18)16-12-11(7)20-13(15)17-12/h2-4,7H,5H2,1H3,(H2,15,17)(H,16,18). The number of nitrogen functional groups attached to an aromatic ring is 1. The number of ether oxygens (including phenoxy) is 1. The molecule has 3 N–H and O–H groups in total. The van der Waals surface area contributed by atoms with Crippen molar-refractivity contribution in [3.63, 3.8) is 0 Å². The van der Waals surface area contributed by atoms with Crippen LogP contribution in [0.2, 0.25) is 0 Å². The Bertz CT molecular complexity index is 686. The maximum absolute atomic E-state index is 11.8. The lowest BCUT2D eigenvalue weighted by Crippen LogP contribution is -2.22. The van der Waals surface area contributed by atoms with Gasteiger partial charge in [0.1, 0.15) is 11.6 Å². The molecule has 104 valence electrons. The van der Waals surface area contributed by atoms with Crippen molar-refractivity contribution in [2.45, 2.75) is 12.3 Å². The molecule has 0 radical (unpaired) electrons. The summed E-state index contributed by atoms with van der Waals surface area (Å²) in [5, 5.41) is 3.23. The third kappa shape index (κ3) is 2.27. The zero-order chi connectivity index (χ0) is 14.3. The molecule has 1 aromatic heterocycles. The van der Waals surface area contributed by atoms with Crippen LogP contribution in [0.4, 0.5) is 10.9 Å². The molecule has 20 heavy (non-hydrogen) atoms. The van der Waals surface area contributed by atoms with E-state index in [0.717, 1.165) is 20.7 Å². The topological polar surface area (TPSA) is 77.2 Å². The molecule has 1 aliphatic rings. The normalized spacial score (nSPS) is 17.5. The Kier molecular flexibility index (Phi) is 3.39. The van der Waals surface area contributed by atoms with Crippen molar-refractivity contribution in [1.82, 2.24) is 4.98 Å². The lowest BCUT2D eigenvalue weighted by Gasteiger charge is -2.22. The zero-order valence-corrected chi connectivity index (χ0v) is 13.0. The van der Waals surface area contributed by atoms with Gasteiger partial charge in [-0.05, 0) is 33.6 Å². The first-order valence-electron chi connectivity index (χ1n) is 5.98. The maximum Gasteiger partial charge on any atom is 0.226 e. The van der Waals surface area contributed by atoms with Crippen LogP contribution in [0.25, 0.3) is 0 Å². The molecule has 1 unspecified atom stereocenters. The Morgan fingerprint density at radius 2 is 2.35 bits per heavy atom. The summed E-state index contributed by atoms with van der Waals surface area (Å²) in [6.07, 6.45) is 0.396. The van der Waals surface area contributed by atoms with E-state index in [1.165, 1.54) is 11.3 Å². The molecule has 1 aromatic carbocycles. The van der Waals surface area contributed by atoms with E-state index in [4.69, 9.17) is 10.5 Å². The molecule has 0 spiro atoms. The number of fused-ring (bicyclic) bond motifs is 1. The molecular formula is C13H12BrN3O2S. The van der Waals surface area contributed by atoms with Crippen molar-refractivity contribution in [3.8, 4) is 5.75 Å². The molecule has 1 aliphatic heterocycles. The van der Waals surface area contributed by atoms with E-state index in [1.807, 2.05) is 18.2 Å². The summed E-state index contributed by atoms with van der Waals surface area (Å²) >= 11 is 4.89. The third-order valence-electron chi connectivity index (χ3n) is 3.21. The number of thiazole rings is 1. The monoisotopic (exact) mass is 353 g/mol. The van der Waals surface area contributed by atoms with Crippen molar-refractivity contribution in [3.05, 3.63) is 33.1 Å². The second kappa shape index (κ2) is 5.06. The summed E-state index contributed by atoms with van der Waals surface area (Å²) in [5.41, 5.74) is 6.79. The summed E-state index contributed by atoms with van der Waals surface area (Å²) < 4.78 is 6.09. The van der Waals surface area contributed by atoms with E-state index >= 15 is 0 Å². The second-order valence-corrected chi connectivity index (χ2v) is 6.38. The number of nitrogens with zero attached hydrogens (tertiary/aromatic N) is 1. The Morgan fingerprint density at radius 1 is 1.55 bits per heavy atom. The number of carbonyl (C=O) groups is 1. The average molecular weight is 354 g/mol. The van der Waals surface area contributed by atoms with Crippen LogP contribution in [0.3, 0.4) is 0 Å². The number of methoxy groups -OCH3 is 1. The minimum Gasteiger partial charge on any atom is -0.496 e. The number of anilines is 2. The quantitative estimate of drug-likeness (QED) is 0.869. The molecule has 7 heteroatoms. The fourth-order valence-corrected chi connectivity index (χ4v) is 3.78. The van der Waals surface area contributed by atoms with Gasteiger partial charge in [0, 0.05) is 12.3 Å². The number of hydrogen-bond acceptors (Lipinski definition) is 5. The Morgan fingerprint density at radius 3 is 3.05 bits per heavy atom. The predicted octanol–water partition coefficient (Wildman–Crippen LogP) is 2.97. The number of hydrogen-bond donors (Lipinski definition) is 2. The third-order valence-corrected chi connectivity index (χ3v) is 4.83. The minimum absolute atomic E-state index is 0.0178. The van der Waals surface area contributed by atoms with E-state index in [1.54, 1.807) is 7.11 Å². The molecule has 0 saturated carbocycles. The highest BCUT2D eigenvalue weighted by atomic mass is 79.9. The van der Waals surface area contributed by atoms with Crippen LogP contribution >= 0.6 is 27.3 Å². The van der Waals surface area contributed by atoms with Gasteiger partial charge < -0.3 is 15.8 Å². The van der Waals surface area contributed by atoms with Gasteiger partial charge >= 0.3 is 0 Å². The van der Waals surface area contributed by atoms with Crippen molar-refractivity contribution < 1.29 is 9.53 Å². The highest BCUT2D eigenvalue weighted by Crippen LogP contribution is 2.42. The molecule has 0 bridgehead atoms. The molecule has 3 rings (SSSR count). The van der Waals surface area contributed by atoms with E-state index in [2.05, 4.69) is 26.2 Å².